The van der Waals surface area contributed by atoms with Crippen molar-refractivity contribution in [2.24, 2.45) is 0 Å². The molecule has 148 valence electrons. The fourth-order valence-corrected chi connectivity index (χ4v) is 2.83. The van der Waals surface area contributed by atoms with Crippen LogP contribution in [0.25, 0.3) is 0 Å². The number of carbonyl (C=O) groups is 2. The highest BCUT2D eigenvalue weighted by atomic mass is 16.5. The van der Waals surface area contributed by atoms with Gasteiger partial charge >= 0.3 is 0 Å². The van der Waals surface area contributed by atoms with Crippen molar-refractivity contribution in [3.05, 3.63) is 89.7 Å². The molecule has 1 aromatic heterocycles. The second-order valence-electron chi connectivity index (χ2n) is 6.48. The van der Waals surface area contributed by atoms with E-state index >= 15 is 0 Å². The molecule has 0 unspecified atom stereocenters. The first-order chi connectivity index (χ1) is 14.2. The number of hydrogen-bond donors (Lipinski definition) is 2. The van der Waals surface area contributed by atoms with Gasteiger partial charge in [-0.3, -0.25) is 14.6 Å². The summed E-state index contributed by atoms with van der Waals surface area (Å²) in [4.78, 5) is 28.5. The quantitative estimate of drug-likeness (QED) is 0.617. The summed E-state index contributed by atoms with van der Waals surface area (Å²) in [6.45, 7) is 0.308. The minimum absolute atomic E-state index is 0.0770. The van der Waals surface area contributed by atoms with Crippen molar-refractivity contribution >= 4 is 17.5 Å². The van der Waals surface area contributed by atoms with Gasteiger partial charge in [-0.25, -0.2) is 0 Å². The zero-order chi connectivity index (χ0) is 20.5. The Balaban J connectivity index is 1.55. The molecular formula is C23H23N3O3. The van der Waals surface area contributed by atoms with Crippen LogP contribution in [0.15, 0.2) is 73.1 Å². The van der Waals surface area contributed by atoms with Crippen LogP contribution in [-0.2, 0) is 17.8 Å². The van der Waals surface area contributed by atoms with Crippen LogP contribution in [-0.4, -0.2) is 23.9 Å². The lowest BCUT2D eigenvalue weighted by Crippen LogP contribution is -2.24. The number of methoxy groups -OCH3 is 1. The summed E-state index contributed by atoms with van der Waals surface area (Å²) in [5.74, 6) is 0.506. The number of anilines is 1. The van der Waals surface area contributed by atoms with E-state index in [2.05, 4.69) is 15.6 Å². The zero-order valence-corrected chi connectivity index (χ0v) is 16.2. The maximum Gasteiger partial charge on any atom is 0.253 e. The standard InChI is InChI=1S/C23H23N3O3/c1-29-20-11-8-17(9-12-20)10-13-22(27)26-21-7-3-2-5-18(21)16-25-23(28)19-6-4-14-24-15-19/h2-9,11-12,14-15H,10,13,16H2,1H3,(H,25,28)(H,26,27). The number of ether oxygens (including phenoxy) is 1. The summed E-state index contributed by atoms with van der Waals surface area (Å²) in [5, 5.41) is 5.80. The number of aromatic nitrogens is 1. The van der Waals surface area contributed by atoms with E-state index in [1.165, 1.54) is 6.20 Å². The highest BCUT2D eigenvalue weighted by Gasteiger charge is 2.10. The Bertz CT molecular complexity index is 957. The van der Waals surface area contributed by atoms with Gasteiger partial charge in [0, 0.05) is 31.0 Å². The highest BCUT2D eigenvalue weighted by Crippen LogP contribution is 2.17. The molecule has 0 saturated carbocycles. The lowest BCUT2D eigenvalue weighted by atomic mass is 10.1. The van der Waals surface area contributed by atoms with Gasteiger partial charge in [0.15, 0.2) is 0 Å². The molecule has 0 radical (unpaired) electrons. The third-order valence-electron chi connectivity index (χ3n) is 4.45. The molecule has 0 aliphatic rings. The molecule has 0 aliphatic heterocycles. The maximum absolute atomic E-state index is 12.4. The Kier molecular flexibility index (Phi) is 6.95. The molecule has 2 amide bonds. The van der Waals surface area contributed by atoms with Gasteiger partial charge in [-0.2, -0.15) is 0 Å². The van der Waals surface area contributed by atoms with E-state index in [9.17, 15) is 9.59 Å². The number of benzene rings is 2. The van der Waals surface area contributed by atoms with Crippen LogP contribution in [0.1, 0.15) is 27.9 Å². The SMILES string of the molecule is COc1ccc(CCC(=O)Nc2ccccc2CNC(=O)c2cccnc2)cc1. The van der Waals surface area contributed by atoms with Gasteiger partial charge in [0.1, 0.15) is 5.75 Å². The fraction of sp³-hybridized carbons (Fsp3) is 0.174. The van der Waals surface area contributed by atoms with Crippen molar-refractivity contribution in [1.82, 2.24) is 10.3 Å². The summed E-state index contributed by atoms with van der Waals surface area (Å²) in [5.41, 5.74) is 3.09. The summed E-state index contributed by atoms with van der Waals surface area (Å²) in [6.07, 6.45) is 4.13. The van der Waals surface area contributed by atoms with Gasteiger partial charge in [0.25, 0.3) is 5.91 Å². The molecular weight excluding hydrogens is 366 g/mol. The van der Waals surface area contributed by atoms with Gasteiger partial charge < -0.3 is 15.4 Å². The van der Waals surface area contributed by atoms with Crippen molar-refractivity contribution in [3.8, 4) is 5.75 Å². The Morgan fingerprint density at radius 1 is 1.00 bits per heavy atom. The van der Waals surface area contributed by atoms with Crippen LogP contribution in [0.3, 0.4) is 0 Å². The molecule has 0 spiro atoms. The molecule has 0 atom stereocenters. The Labute approximate surface area is 169 Å². The number of rotatable bonds is 8. The molecule has 3 aromatic rings. The number of amides is 2. The van der Waals surface area contributed by atoms with Crippen molar-refractivity contribution in [1.29, 1.82) is 0 Å². The third-order valence-corrected chi connectivity index (χ3v) is 4.45. The van der Waals surface area contributed by atoms with Crippen molar-refractivity contribution < 1.29 is 14.3 Å². The van der Waals surface area contributed by atoms with E-state index in [-0.39, 0.29) is 11.8 Å². The lowest BCUT2D eigenvalue weighted by Gasteiger charge is -2.12. The Morgan fingerprint density at radius 3 is 2.52 bits per heavy atom. The van der Waals surface area contributed by atoms with Crippen LogP contribution in [0.5, 0.6) is 5.75 Å². The molecule has 2 N–H and O–H groups in total. The van der Waals surface area contributed by atoms with Crippen molar-refractivity contribution in [2.45, 2.75) is 19.4 Å². The first kappa shape index (κ1) is 20.1. The van der Waals surface area contributed by atoms with E-state index in [0.29, 0.717) is 30.6 Å². The zero-order valence-electron chi connectivity index (χ0n) is 16.2. The number of nitrogens with zero attached hydrogens (tertiary/aromatic N) is 1. The summed E-state index contributed by atoms with van der Waals surface area (Å²) in [6, 6.07) is 18.5. The van der Waals surface area contributed by atoms with Crippen LogP contribution >= 0.6 is 0 Å². The summed E-state index contributed by atoms with van der Waals surface area (Å²) < 4.78 is 5.14. The van der Waals surface area contributed by atoms with Crippen LogP contribution in [0.4, 0.5) is 5.69 Å². The number of hydrogen-bond acceptors (Lipinski definition) is 4. The molecule has 6 heteroatoms. The van der Waals surface area contributed by atoms with E-state index in [0.717, 1.165) is 16.9 Å². The molecule has 0 saturated heterocycles. The minimum atomic E-state index is -0.210. The van der Waals surface area contributed by atoms with Gasteiger partial charge in [-0.1, -0.05) is 30.3 Å². The second kappa shape index (κ2) is 10.0. The topological polar surface area (TPSA) is 80.3 Å². The first-order valence-electron chi connectivity index (χ1n) is 9.34. The van der Waals surface area contributed by atoms with Gasteiger partial charge in [0.05, 0.1) is 12.7 Å². The second-order valence-corrected chi connectivity index (χ2v) is 6.48. The van der Waals surface area contributed by atoms with Gasteiger partial charge in [0.2, 0.25) is 5.91 Å². The molecule has 6 nitrogen and oxygen atoms in total. The van der Waals surface area contributed by atoms with Crippen molar-refractivity contribution in [3.63, 3.8) is 0 Å². The smallest absolute Gasteiger partial charge is 0.253 e. The number of carbonyl (C=O) groups excluding carboxylic acids is 2. The molecule has 29 heavy (non-hydrogen) atoms. The largest absolute Gasteiger partial charge is 0.497 e. The minimum Gasteiger partial charge on any atom is -0.497 e. The fourth-order valence-electron chi connectivity index (χ4n) is 2.83. The molecule has 0 fully saturated rings. The van der Waals surface area contributed by atoms with Crippen molar-refractivity contribution in [2.75, 3.05) is 12.4 Å². The van der Waals surface area contributed by atoms with E-state index in [4.69, 9.17) is 4.74 Å². The predicted molar refractivity (Wildman–Crippen MR) is 112 cm³/mol. The van der Waals surface area contributed by atoms with E-state index in [1.54, 1.807) is 25.4 Å². The van der Waals surface area contributed by atoms with E-state index in [1.807, 2.05) is 48.5 Å². The lowest BCUT2D eigenvalue weighted by molar-refractivity contribution is -0.116. The molecule has 2 aromatic carbocycles. The van der Waals surface area contributed by atoms with Gasteiger partial charge in [-0.15, -0.1) is 0 Å². The monoisotopic (exact) mass is 389 g/mol. The van der Waals surface area contributed by atoms with Crippen LogP contribution in [0, 0.1) is 0 Å². The molecule has 0 bridgehead atoms. The highest BCUT2D eigenvalue weighted by molar-refractivity contribution is 5.94. The summed E-state index contributed by atoms with van der Waals surface area (Å²) in [7, 11) is 1.62. The van der Waals surface area contributed by atoms with Crippen LogP contribution in [0.2, 0.25) is 0 Å². The number of nitrogens with one attached hydrogen (secondary N) is 2. The Hall–Kier alpha value is -3.67. The van der Waals surface area contributed by atoms with E-state index < -0.39 is 0 Å². The molecule has 0 aliphatic carbocycles. The number of para-hydroxylation sites is 1. The number of aryl methyl sites for hydroxylation is 1. The normalized spacial score (nSPS) is 10.2. The third kappa shape index (κ3) is 5.90. The maximum atomic E-state index is 12.4. The molecule has 1 heterocycles. The summed E-state index contributed by atoms with van der Waals surface area (Å²) >= 11 is 0. The van der Waals surface area contributed by atoms with Gasteiger partial charge in [-0.05, 0) is 47.9 Å². The first-order valence-corrected chi connectivity index (χ1v) is 9.34. The average Bonchev–Trinajstić information content (AvgIpc) is 2.78. The van der Waals surface area contributed by atoms with Crippen LogP contribution < -0.4 is 15.4 Å². The molecule has 3 rings (SSSR count). The number of pyridine rings is 1. The predicted octanol–water partition coefficient (Wildman–Crippen LogP) is 3.59. The average molecular weight is 389 g/mol. The Morgan fingerprint density at radius 2 is 1.79 bits per heavy atom.